The molecule has 3 aliphatic carbocycles. The van der Waals surface area contributed by atoms with Crippen molar-refractivity contribution in [2.45, 2.75) is 39.2 Å². The minimum atomic E-state index is -0.603. The minimum absolute atomic E-state index is 0.161. The molecule has 4 atom stereocenters. The number of carbonyl (C=O) groups is 4. The molecular formula is C24H23NO6. The third-order valence-corrected chi connectivity index (χ3v) is 7.10. The summed E-state index contributed by atoms with van der Waals surface area (Å²) in [7, 11) is 0. The molecule has 7 nitrogen and oxygen atoms in total. The van der Waals surface area contributed by atoms with Gasteiger partial charge in [0.15, 0.2) is 11.6 Å². The van der Waals surface area contributed by atoms with Crippen molar-refractivity contribution < 1.29 is 28.7 Å². The van der Waals surface area contributed by atoms with E-state index in [4.69, 9.17) is 4.42 Å². The van der Waals surface area contributed by atoms with E-state index in [0.29, 0.717) is 41.2 Å². The van der Waals surface area contributed by atoms with Gasteiger partial charge in [0.25, 0.3) is 0 Å². The maximum atomic E-state index is 13.2. The van der Waals surface area contributed by atoms with E-state index in [-0.39, 0.29) is 42.3 Å². The van der Waals surface area contributed by atoms with Crippen molar-refractivity contribution in [1.82, 2.24) is 4.90 Å². The zero-order valence-electron chi connectivity index (χ0n) is 17.4. The molecule has 4 aliphatic rings. The number of amides is 2. The fourth-order valence-electron chi connectivity index (χ4n) is 5.70. The fraction of sp³-hybridized carbons (Fsp3) is 0.417. The molecule has 0 saturated carbocycles. The number of Topliss-reactive ketones (excluding diaryl/α,β-unsaturated/α-hetero) is 1. The molecule has 0 spiro atoms. The SMILES string of the molecule is CCN1C(=O)[C@H]2[C@H](CC=C3[C@H](c4ccc(CO)o4)C4=C(C[C@H]32)C(=O)C=C(C)C4=O)C1=O. The number of rotatable bonds is 3. The first-order valence-corrected chi connectivity index (χ1v) is 10.6. The number of furan rings is 1. The van der Waals surface area contributed by atoms with Gasteiger partial charge in [-0.2, -0.15) is 0 Å². The van der Waals surface area contributed by atoms with Gasteiger partial charge in [0, 0.05) is 23.3 Å². The number of hydrogen-bond acceptors (Lipinski definition) is 6. The molecule has 7 heteroatoms. The average Bonchev–Trinajstić information content (AvgIpc) is 3.33. The number of ketones is 2. The molecule has 1 aromatic heterocycles. The van der Waals surface area contributed by atoms with Crippen LogP contribution in [0.15, 0.2) is 51.0 Å². The van der Waals surface area contributed by atoms with E-state index < -0.39 is 17.8 Å². The quantitative estimate of drug-likeness (QED) is 0.456. The monoisotopic (exact) mass is 421 g/mol. The van der Waals surface area contributed by atoms with E-state index in [1.165, 1.54) is 11.0 Å². The number of aliphatic hydroxyl groups is 1. The Bertz CT molecular complexity index is 1130. The molecule has 0 aromatic carbocycles. The highest BCUT2D eigenvalue weighted by atomic mass is 16.4. The second kappa shape index (κ2) is 6.99. The zero-order chi connectivity index (χ0) is 22.0. The normalized spacial score (nSPS) is 30.2. The van der Waals surface area contributed by atoms with Gasteiger partial charge in [-0.15, -0.1) is 0 Å². The van der Waals surface area contributed by atoms with Crippen molar-refractivity contribution in [3.8, 4) is 0 Å². The lowest BCUT2D eigenvalue weighted by atomic mass is 9.60. The summed E-state index contributed by atoms with van der Waals surface area (Å²) >= 11 is 0. The summed E-state index contributed by atoms with van der Waals surface area (Å²) in [4.78, 5) is 53.3. The Morgan fingerprint density at radius 1 is 1.13 bits per heavy atom. The third kappa shape index (κ3) is 2.69. The van der Waals surface area contributed by atoms with Crippen LogP contribution in [0, 0.1) is 17.8 Å². The summed E-state index contributed by atoms with van der Waals surface area (Å²) in [5, 5.41) is 9.46. The largest absolute Gasteiger partial charge is 0.463 e. The van der Waals surface area contributed by atoms with Crippen LogP contribution < -0.4 is 0 Å². The molecule has 0 radical (unpaired) electrons. The summed E-state index contributed by atoms with van der Waals surface area (Å²) in [6.45, 7) is 3.44. The smallest absolute Gasteiger partial charge is 0.233 e. The first-order chi connectivity index (χ1) is 14.9. The van der Waals surface area contributed by atoms with Crippen molar-refractivity contribution in [3.05, 3.63) is 58.1 Å². The van der Waals surface area contributed by atoms with E-state index >= 15 is 0 Å². The lowest BCUT2D eigenvalue weighted by Crippen LogP contribution is -2.39. The van der Waals surface area contributed by atoms with E-state index in [0.717, 1.165) is 5.57 Å². The van der Waals surface area contributed by atoms with Gasteiger partial charge in [0.2, 0.25) is 11.8 Å². The number of aliphatic hydroxyl groups excluding tert-OH is 1. The van der Waals surface area contributed by atoms with Gasteiger partial charge < -0.3 is 9.52 Å². The number of carbonyl (C=O) groups excluding carboxylic acids is 4. The lowest BCUT2D eigenvalue weighted by molar-refractivity contribution is -0.139. The number of nitrogens with zero attached hydrogens (tertiary/aromatic N) is 1. The predicted molar refractivity (Wildman–Crippen MR) is 108 cm³/mol. The van der Waals surface area contributed by atoms with Gasteiger partial charge in [-0.25, -0.2) is 0 Å². The highest BCUT2D eigenvalue weighted by molar-refractivity contribution is 6.23. The molecule has 1 aromatic rings. The standard InChI is InChI=1S/C24H23NO6/c1-3-25-23(29)14-6-5-13-15(19(14)24(25)30)9-16-17(27)8-11(2)22(28)21(16)20(13)18-7-4-12(10-26)31-18/h4-5,7-8,14-15,19-20,26H,3,6,9-10H2,1-2H3/t14-,15+,19-,20+/m0/s1. The topological polar surface area (TPSA) is 105 Å². The van der Waals surface area contributed by atoms with Gasteiger partial charge in [-0.05, 0) is 50.8 Å². The molecule has 1 fully saturated rings. The van der Waals surface area contributed by atoms with Crippen molar-refractivity contribution in [2.75, 3.05) is 6.54 Å². The summed E-state index contributed by atoms with van der Waals surface area (Å²) in [6.07, 6.45) is 3.99. The summed E-state index contributed by atoms with van der Waals surface area (Å²) < 4.78 is 5.82. The molecule has 31 heavy (non-hydrogen) atoms. The Hall–Kier alpha value is -3.06. The number of imide groups is 1. The first kappa shape index (κ1) is 19.9. The fourth-order valence-corrected chi connectivity index (χ4v) is 5.70. The van der Waals surface area contributed by atoms with Crippen molar-refractivity contribution in [1.29, 1.82) is 0 Å². The Morgan fingerprint density at radius 3 is 2.58 bits per heavy atom. The second-order valence-corrected chi connectivity index (χ2v) is 8.61. The van der Waals surface area contributed by atoms with Crippen LogP contribution in [-0.4, -0.2) is 39.9 Å². The second-order valence-electron chi connectivity index (χ2n) is 8.61. The maximum Gasteiger partial charge on any atom is 0.233 e. The van der Waals surface area contributed by atoms with E-state index in [1.807, 2.05) is 6.08 Å². The third-order valence-electron chi connectivity index (χ3n) is 7.10. The highest BCUT2D eigenvalue weighted by Gasteiger charge is 2.56. The van der Waals surface area contributed by atoms with Crippen LogP contribution in [0.25, 0.3) is 0 Å². The van der Waals surface area contributed by atoms with Gasteiger partial charge in [0.05, 0.1) is 17.8 Å². The Morgan fingerprint density at radius 2 is 1.90 bits per heavy atom. The molecule has 1 aliphatic heterocycles. The van der Waals surface area contributed by atoms with Crippen LogP contribution in [0.3, 0.4) is 0 Å². The van der Waals surface area contributed by atoms with Gasteiger partial charge in [0.1, 0.15) is 18.1 Å². The van der Waals surface area contributed by atoms with Crippen LogP contribution in [0.5, 0.6) is 0 Å². The Labute approximate surface area is 179 Å². The Balaban J connectivity index is 1.68. The van der Waals surface area contributed by atoms with Gasteiger partial charge in [-0.3, -0.25) is 24.1 Å². The molecule has 1 saturated heterocycles. The van der Waals surface area contributed by atoms with Crippen LogP contribution in [0.2, 0.25) is 0 Å². The number of fused-ring (bicyclic) bond motifs is 3. The van der Waals surface area contributed by atoms with E-state index in [9.17, 15) is 24.3 Å². The number of likely N-dealkylation sites (tertiary alicyclic amines) is 1. The van der Waals surface area contributed by atoms with E-state index in [2.05, 4.69) is 0 Å². The van der Waals surface area contributed by atoms with Crippen molar-refractivity contribution in [3.63, 3.8) is 0 Å². The van der Waals surface area contributed by atoms with Gasteiger partial charge in [-0.1, -0.05) is 11.6 Å². The molecule has 0 unspecified atom stereocenters. The molecule has 5 rings (SSSR count). The summed E-state index contributed by atoms with van der Waals surface area (Å²) in [5.41, 5.74) is 2.03. The van der Waals surface area contributed by atoms with Gasteiger partial charge >= 0.3 is 0 Å². The number of hydrogen-bond donors (Lipinski definition) is 1. The molecule has 1 N–H and O–H groups in total. The zero-order valence-corrected chi connectivity index (χ0v) is 17.4. The highest BCUT2D eigenvalue weighted by Crippen LogP contribution is 2.55. The van der Waals surface area contributed by atoms with Crippen molar-refractivity contribution in [2.24, 2.45) is 17.8 Å². The van der Waals surface area contributed by atoms with Crippen LogP contribution in [0.1, 0.15) is 44.1 Å². The Kier molecular flexibility index (Phi) is 4.48. The van der Waals surface area contributed by atoms with Crippen LogP contribution >= 0.6 is 0 Å². The maximum absolute atomic E-state index is 13.2. The van der Waals surface area contributed by atoms with E-state index in [1.54, 1.807) is 26.0 Å². The number of allylic oxidation sites excluding steroid dienone is 6. The van der Waals surface area contributed by atoms with Crippen LogP contribution in [-0.2, 0) is 25.8 Å². The molecule has 0 bridgehead atoms. The average molecular weight is 421 g/mol. The molecule has 2 heterocycles. The molecule has 160 valence electrons. The first-order valence-electron chi connectivity index (χ1n) is 10.6. The lowest BCUT2D eigenvalue weighted by Gasteiger charge is -2.41. The van der Waals surface area contributed by atoms with Crippen LogP contribution in [0.4, 0.5) is 0 Å². The summed E-state index contributed by atoms with van der Waals surface area (Å²) in [6, 6.07) is 3.35. The minimum Gasteiger partial charge on any atom is -0.463 e. The summed E-state index contributed by atoms with van der Waals surface area (Å²) in [5.74, 6) is -1.88. The molecule has 2 amide bonds. The molecular weight excluding hydrogens is 398 g/mol. The predicted octanol–water partition coefficient (Wildman–Crippen LogP) is 2.22. The van der Waals surface area contributed by atoms with Crippen molar-refractivity contribution >= 4 is 23.4 Å².